The molecule has 3 rings (SSSR count). The normalized spacial score (nSPS) is 34.4. The minimum absolute atomic E-state index is 0.353. The van der Waals surface area contributed by atoms with Crippen LogP contribution in [0.3, 0.4) is 0 Å². The molecule has 0 amide bonds. The molecule has 2 saturated heterocycles. The second kappa shape index (κ2) is 4.45. The molecule has 3 heterocycles. The molecule has 2 fully saturated rings. The maximum absolute atomic E-state index is 5.57. The SMILES string of the molecule is CO[C@@H]1CN(Cc2ccsc2)[C@H]2COC[C@@H]12. The number of hydrogen-bond acceptors (Lipinski definition) is 4. The van der Waals surface area contributed by atoms with Gasteiger partial charge in [-0.1, -0.05) is 0 Å². The van der Waals surface area contributed by atoms with Crippen molar-refractivity contribution >= 4 is 11.3 Å². The Labute approximate surface area is 100.0 Å². The van der Waals surface area contributed by atoms with E-state index in [1.54, 1.807) is 11.3 Å². The summed E-state index contributed by atoms with van der Waals surface area (Å²) < 4.78 is 11.1. The maximum Gasteiger partial charge on any atom is 0.0764 e. The van der Waals surface area contributed by atoms with Gasteiger partial charge in [0.2, 0.25) is 0 Å². The van der Waals surface area contributed by atoms with E-state index in [2.05, 4.69) is 21.7 Å². The summed E-state index contributed by atoms with van der Waals surface area (Å²) in [5.74, 6) is 0.573. The lowest BCUT2D eigenvalue weighted by Gasteiger charge is -2.21. The van der Waals surface area contributed by atoms with Crippen LogP contribution in [0.15, 0.2) is 16.8 Å². The molecule has 0 spiro atoms. The molecule has 4 heteroatoms. The van der Waals surface area contributed by atoms with Gasteiger partial charge in [0.25, 0.3) is 0 Å². The summed E-state index contributed by atoms with van der Waals surface area (Å²) in [5.41, 5.74) is 1.41. The summed E-state index contributed by atoms with van der Waals surface area (Å²) in [5, 5.41) is 4.37. The molecule has 16 heavy (non-hydrogen) atoms. The van der Waals surface area contributed by atoms with Crippen molar-refractivity contribution in [3.05, 3.63) is 22.4 Å². The van der Waals surface area contributed by atoms with Crippen molar-refractivity contribution < 1.29 is 9.47 Å². The van der Waals surface area contributed by atoms with Crippen molar-refractivity contribution in [2.45, 2.75) is 18.7 Å². The first-order valence-electron chi connectivity index (χ1n) is 5.74. The maximum atomic E-state index is 5.57. The molecule has 0 bridgehead atoms. The lowest BCUT2D eigenvalue weighted by molar-refractivity contribution is 0.0532. The molecule has 3 atom stereocenters. The number of methoxy groups -OCH3 is 1. The molecule has 0 aliphatic carbocycles. The summed E-state index contributed by atoms with van der Waals surface area (Å²) >= 11 is 1.77. The molecule has 0 saturated carbocycles. The van der Waals surface area contributed by atoms with Crippen LogP contribution in [0.25, 0.3) is 0 Å². The highest BCUT2D eigenvalue weighted by molar-refractivity contribution is 7.07. The zero-order chi connectivity index (χ0) is 11.0. The average molecular weight is 239 g/mol. The van der Waals surface area contributed by atoms with Gasteiger partial charge in [-0.05, 0) is 22.4 Å². The summed E-state index contributed by atoms with van der Waals surface area (Å²) in [4.78, 5) is 2.51. The van der Waals surface area contributed by atoms with Crippen molar-refractivity contribution in [1.82, 2.24) is 4.90 Å². The first-order chi connectivity index (χ1) is 7.88. The predicted octanol–water partition coefficient (Wildman–Crippen LogP) is 1.59. The van der Waals surface area contributed by atoms with E-state index in [0.29, 0.717) is 18.1 Å². The molecule has 1 aromatic heterocycles. The van der Waals surface area contributed by atoms with Crippen molar-refractivity contribution in [2.24, 2.45) is 5.92 Å². The van der Waals surface area contributed by atoms with E-state index in [-0.39, 0.29) is 0 Å². The lowest BCUT2D eigenvalue weighted by Crippen LogP contribution is -2.32. The van der Waals surface area contributed by atoms with Crippen molar-refractivity contribution in [3.63, 3.8) is 0 Å². The van der Waals surface area contributed by atoms with Crippen LogP contribution in [0.2, 0.25) is 0 Å². The first-order valence-corrected chi connectivity index (χ1v) is 6.68. The standard InChI is InChI=1S/C12H17NO2S/c1-14-12-5-13(4-9-2-3-16-8-9)11-7-15-6-10(11)12/h2-3,8,10-12H,4-7H2,1H3/t10-,11+,12-/m1/s1. The second-order valence-corrected chi connectivity index (χ2v) is 5.38. The quantitative estimate of drug-likeness (QED) is 0.799. The summed E-state index contributed by atoms with van der Waals surface area (Å²) in [7, 11) is 1.81. The Kier molecular flexibility index (Phi) is 2.98. The molecule has 0 radical (unpaired) electrons. The zero-order valence-electron chi connectivity index (χ0n) is 9.46. The summed E-state index contributed by atoms with van der Waals surface area (Å²) in [6.07, 6.45) is 0.353. The van der Waals surface area contributed by atoms with Crippen LogP contribution in [0, 0.1) is 5.92 Å². The number of ether oxygens (including phenoxy) is 2. The summed E-state index contributed by atoms with van der Waals surface area (Å²) in [6.45, 7) is 3.82. The first kappa shape index (κ1) is 10.7. The van der Waals surface area contributed by atoms with Gasteiger partial charge in [0, 0.05) is 32.2 Å². The smallest absolute Gasteiger partial charge is 0.0764 e. The molecule has 3 nitrogen and oxygen atoms in total. The highest BCUT2D eigenvalue weighted by Crippen LogP contribution is 2.32. The highest BCUT2D eigenvalue weighted by Gasteiger charge is 2.45. The summed E-state index contributed by atoms with van der Waals surface area (Å²) in [6, 6.07) is 2.76. The van der Waals surface area contributed by atoms with Gasteiger partial charge in [0.1, 0.15) is 0 Å². The Morgan fingerprint density at radius 3 is 3.25 bits per heavy atom. The van der Waals surface area contributed by atoms with Crippen molar-refractivity contribution in [1.29, 1.82) is 0 Å². The van der Waals surface area contributed by atoms with Crippen LogP contribution in [-0.2, 0) is 16.0 Å². The molecular weight excluding hydrogens is 222 g/mol. The fourth-order valence-electron chi connectivity index (χ4n) is 2.84. The molecule has 88 valence electrons. The average Bonchev–Trinajstić information content (AvgIpc) is 2.96. The molecule has 1 aromatic rings. The van der Waals surface area contributed by atoms with Crippen LogP contribution >= 0.6 is 11.3 Å². The Morgan fingerprint density at radius 1 is 1.56 bits per heavy atom. The fraction of sp³-hybridized carbons (Fsp3) is 0.667. The van der Waals surface area contributed by atoms with Gasteiger partial charge in [-0.2, -0.15) is 11.3 Å². The Morgan fingerprint density at radius 2 is 2.50 bits per heavy atom. The minimum atomic E-state index is 0.353. The van der Waals surface area contributed by atoms with Crippen LogP contribution in [0.5, 0.6) is 0 Å². The number of nitrogens with zero attached hydrogens (tertiary/aromatic N) is 1. The third-order valence-corrected chi connectivity index (χ3v) is 4.45. The van der Waals surface area contributed by atoms with Crippen LogP contribution in [0.1, 0.15) is 5.56 Å². The largest absolute Gasteiger partial charge is 0.380 e. The van der Waals surface area contributed by atoms with Gasteiger partial charge < -0.3 is 9.47 Å². The van der Waals surface area contributed by atoms with Crippen molar-refractivity contribution in [2.75, 3.05) is 26.9 Å². The van der Waals surface area contributed by atoms with E-state index >= 15 is 0 Å². The number of fused-ring (bicyclic) bond motifs is 1. The highest BCUT2D eigenvalue weighted by atomic mass is 32.1. The topological polar surface area (TPSA) is 21.7 Å². The predicted molar refractivity (Wildman–Crippen MR) is 63.6 cm³/mol. The Balaban J connectivity index is 1.71. The molecule has 2 aliphatic heterocycles. The number of hydrogen-bond donors (Lipinski definition) is 0. The molecule has 0 aromatic carbocycles. The van der Waals surface area contributed by atoms with Crippen LogP contribution < -0.4 is 0 Å². The van der Waals surface area contributed by atoms with Crippen LogP contribution in [-0.4, -0.2) is 43.9 Å². The van der Waals surface area contributed by atoms with E-state index in [1.165, 1.54) is 5.56 Å². The Bertz CT molecular complexity index is 341. The van der Waals surface area contributed by atoms with Gasteiger partial charge in [0.05, 0.1) is 19.3 Å². The molecule has 0 N–H and O–H groups in total. The van der Waals surface area contributed by atoms with Gasteiger partial charge in [-0.25, -0.2) is 0 Å². The zero-order valence-corrected chi connectivity index (χ0v) is 10.3. The monoisotopic (exact) mass is 239 g/mol. The second-order valence-electron chi connectivity index (χ2n) is 4.60. The molecule has 0 unspecified atom stereocenters. The van der Waals surface area contributed by atoms with E-state index in [1.807, 2.05) is 7.11 Å². The third kappa shape index (κ3) is 1.80. The molecular formula is C12H17NO2S. The molecule has 2 aliphatic rings. The van der Waals surface area contributed by atoms with E-state index in [9.17, 15) is 0 Å². The third-order valence-electron chi connectivity index (χ3n) is 3.72. The minimum Gasteiger partial charge on any atom is -0.380 e. The van der Waals surface area contributed by atoms with E-state index in [0.717, 1.165) is 26.3 Å². The fourth-order valence-corrected chi connectivity index (χ4v) is 3.50. The van der Waals surface area contributed by atoms with Gasteiger partial charge in [-0.15, -0.1) is 0 Å². The number of rotatable bonds is 3. The lowest BCUT2D eigenvalue weighted by atomic mass is 10.0. The number of likely N-dealkylation sites (tertiary alicyclic amines) is 1. The van der Waals surface area contributed by atoms with Crippen molar-refractivity contribution in [3.8, 4) is 0 Å². The van der Waals surface area contributed by atoms with Gasteiger partial charge in [0.15, 0.2) is 0 Å². The van der Waals surface area contributed by atoms with Gasteiger partial charge >= 0.3 is 0 Å². The van der Waals surface area contributed by atoms with Crippen LogP contribution in [0.4, 0.5) is 0 Å². The Hall–Kier alpha value is -0.420. The van der Waals surface area contributed by atoms with E-state index < -0.39 is 0 Å². The van der Waals surface area contributed by atoms with E-state index in [4.69, 9.17) is 9.47 Å². The van der Waals surface area contributed by atoms with Gasteiger partial charge in [-0.3, -0.25) is 4.90 Å². The number of thiophene rings is 1.